The summed E-state index contributed by atoms with van der Waals surface area (Å²) in [7, 11) is 0. The second-order valence-corrected chi connectivity index (χ2v) is 7.23. The van der Waals surface area contributed by atoms with Gasteiger partial charge in [-0.05, 0) is 54.8 Å². The summed E-state index contributed by atoms with van der Waals surface area (Å²) >= 11 is 0. The van der Waals surface area contributed by atoms with E-state index in [4.69, 9.17) is 0 Å². The number of benzene rings is 1. The second-order valence-electron chi connectivity index (χ2n) is 7.23. The number of aromatic nitrogens is 6. The minimum absolute atomic E-state index is 0.161. The molecule has 1 saturated heterocycles. The quantitative estimate of drug-likeness (QED) is 0.568. The Bertz CT molecular complexity index is 984. The van der Waals surface area contributed by atoms with E-state index in [1.165, 1.54) is 30.3 Å². The van der Waals surface area contributed by atoms with Gasteiger partial charge in [0.2, 0.25) is 5.95 Å². The Morgan fingerprint density at radius 1 is 1.10 bits per heavy atom. The summed E-state index contributed by atoms with van der Waals surface area (Å²) in [6, 6.07) is 9.16. The number of hydrogen-bond acceptors (Lipinski definition) is 8. The lowest BCUT2D eigenvalue weighted by Gasteiger charge is -2.28. The number of nitrogens with one attached hydrogen (secondary N) is 2. The van der Waals surface area contributed by atoms with Crippen LogP contribution in [0.5, 0.6) is 0 Å². The molecule has 2 N–H and O–H groups in total. The maximum atomic E-state index is 12.5. The fourth-order valence-corrected chi connectivity index (χ4v) is 3.44. The Balaban J connectivity index is 1.30. The smallest absolute Gasteiger partial charge is 0.251 e. The minimum atomic E-state index is -0.161. The first-order valence-corrected chi connectivity index (χ1v) is 10.2. The number of amides is 1. The normalized spacial score (nSPS) is 13.8. The Kier molecular flexibility index (Phi) is 6.11. The van der Waals surface area contributed by atoms with Crippen LogP contribution in [0.4, 0.5) is 11.8 Å². The molecule has 30 heavy (non-hydrogen) atoms. The number of anilines is 2. The molecule has 1 fully saturated rings. The van der Waals surface area contributed by atoms with Crippen molar-refractivity contribution in [1.29, 1.82) is 0 Å². The molecule has 2 aromatic heterocycles. The first-order valence-electron chi connectivity index (χ1n) is 10.2. The summed E-state index contributed by atoms with van der Waals surface area (Å²) in [5, 5.41) is 17.2. The Morgan fingerprint density at radius 3 is 2.77 bits per heavy atom. The van der Waals surface area contributed by atoms with Crippen LogP contribution in [0.2, 0.25) is 0 Å². The number of tetrazole rings is 1. The molecule has 156 valence electrons. The van der Waals surface area contributed by atoms with Crippen LogP contribution >= 0.6 is 0 Å². The number of carbonyl (C=O) groups is 1. The van der Waals surface area contributed by atoms with Crippen molar-refractivity contribution in [2.45, 2.75) is 26.2 Å². The van der Waals surface area contributed by atoms with Gasteiger partial charge >= 0.3 is 0 Å². The zero-order valence-electron chi connectivity index (χ0n) is 17.0. The van der Waals surface area contributed by atoms with E-state index in [1.54, 1.807) is 18.2 Å². The maximum Gasteiger partial charge on any atom is 0.251 e. The van der Waals surface area contributed by atoms with Crippen molar-refractivity contribution in [1.82, 2.24) is 35.5 Å². The van der Waals surface area contributed by atoms with Gasteiger partial charge < -0.3 is 15.5 Å². The molecule has 0 saturated carbocycles. The van der Waals surface area contributed by atoms with Crippen molar-refractivity contribution in [3.8, 4) is 5.69 Å². The number of nitrogens with zero attached hydrogens (tertiary/aromatic N) is 7. The molecule has 10 nitrogen and oxygen atoms in total. The average molecular weight is 407 g/mol. The molecule has 0 radical (unpaired) electrons. The summed E-state index contributed by atoms with van der Waals surface area (Å²) in [4.78, 5) is 23.9. The molecule has 0 atom stereocenters. The fourth-order valence-electron chi connectivity index (χ4n) is 3.44. The number of rotatable bonds is 7. The Morgan fingerprint density at radius 2 is 1.97 bits per heavy atom. The molecule has 1 aromatic carbocycles. The minimum Gasteiger partial charge on any atom is -0.356 e. The van der Waals surface area contributed by atoms with Gasteiger partial charge in [0.1, 0.15) is 12.1 Å². The monoisotopic (exact) mass is 407 g/mol. The predicted octanol–water partition coefficient (Wildman–Crippen LogP) is 1.59. The van der Waals surface area contributed by atoms with Crippen molar-refractivity contribution in [3.63, 3.8) is 0 Å². The topological polar surface area (TPSA) is 114 Å². The van der Waals surface area contributed by atoms with E-state index in [9.17, 15) is 4.79 Å². The van der Waals surface area contributed by atoms with Crippen LogP contribution in [0, 0.1) is 6.92 Å². The Hall–Kier alpha value is -3.56. The third kappa shape index (κ3) is 4.88. The van der Waals surface area contributed by atoms with E-state index in [0.717, 1.165) is 30.3 Å². The van der Waals surface area contributed by atoms with Crippen molar-refractivity contribution in [2.75, 3.05) is 36.4 Å². The number of aryl methyl sites for hydroxylation is 1. The first kappa shape index (κ1) is 19.7. The molecule has 3 heterocycles. The molecular formula is C20H25N9O. The summed E-state index contributed by atoms with van der Waals surface area (Å²) in [6.07, 6.45) is 5.17. The molecular weight excluding hydrogens is 382 g/mol. The van der Waals surface area contributed by atoms with Gasteiger partial charge in [0.25, 0.3) is 5.91 Å². The van der Waals surface area contributed by atoms with E-state index in [2.05, 4.69) is 41.0 Å². The standard InChI is InChI=1S/C20H25N9O/c1-15-12-18(28-10-3-2-4-11-28)25-20(24-15)22-9-8-21-19(30)16-6-5-7-17(13-16)29-14-23-26-27-29/h5-7,12-14H,2-4,8-11H2,1H3,(H,21,30)(H,22,24,25). The van der Waals surface area contributed by atoms with Gasteiger partial charge in [-0.1, -0.05) is 6.07 Å². The molecule has 10 heteroatoms. The lowest BCUT2D eigenvalue weighted by Crippen LogP contribution is -2.31. The van der Waals surface area contributed by atoms with Crippen molar-refractivity contribution >= 4 is 17.7 Å². The number of carbonyl (C=O) groups excluding carboxylic acids is 1. The molecule has 1 aliphatic heterocycles. The van der Waals surface area contributed by atoms with E-state index < -0.39 is 0 Å². The third-order valence-electron chi connectivity index (χ3n) is 4.94. The summed E-state index contributed by atoms with van der Waals surface area (Å²) < 4.78 is 1.51. The average Bonchev–Trinajstić information content (AvgIpc) is 3.32. The van der Waals surface area contributed by atoms with Gasteiger partial charge in [-0.15, -0.1) is 5.10 Å². The van der Waals surface area contributed by atoms with Crippen molar-refractivity contribution in [3.05, 3.63) is 47.9 Å². The summed E-state index contributed by atoms with van der Waals surface area (Å²) in [5.41, 5.74) is 2.20. The largest absolute Gasteiger partial charge is 0.356 e. The van der Waals surface area contributed by atoms with Crippen LogP contribution in [0.25, 0.3) is 5.69 Å². The SMILES string of the molecule is Cc1cc(N2CCCCC2)nc(NCCNC(=O)c2cccc(-n3cnnn3)c2)n1. The lowest BCUT2D eigenvalue weighted by molar-refractivity contribution is 0.0955. The van der Waals surface area contributed by atoms with Gasteiger partial charge in [-0.2, -0.15) is 4.98 Å². The molecule has 0 spiro atoms. The van der Waals surface area contributed by atoms with Gasteiger partial charge in [-0.25, -0.2) is 9.67 Å². The highest BCUT2D eigenvalue weighted by atomic mass is 16.1. The van der Waals surface area contributed by atoms with Crippen molar-refractivity contribution < 1.29 is 4.79 Å². The van der Waals surface area contributed by atoms with E-state index in [-0.39, 0.29) is 5.91 Å². The lowest BCUT2D eigenvalue weighted by atomic mass is 10.1. The van der Waals surface area contributed by atoms with Gasteiger partial charge in [0.15, 0.2) is 0 Å². The van der Waals surface area contributed by atoms with Gasteiger partial charge in [-0.3, -0.25) is 4.79 Å². The third-order valence-corrected chi connectivity index (χ3v) is 4.94. The second kappa shape index (κ2) is 9.29. The molecule has 3 aromatic rings. The van der Waals surface area contributed by atoms with E-state index in [1.807, 2.05) is 19.1 Å². The fraction of sp³-hybridized carbons (Fsp3) is 0.400. The number of piperidine rings is 1. The number of hydrogen-bond donors (Lipinski definition) is 2. The molecule has 0 unspecified atom stereocenters. The van der Waals surface area contributed by atoms with E-state index >= 15 is 0 Å². The highest BCUT2D eigenvalue weighted by Gasteiger charge is 2.14. The first-order chi connectivity index (χ1) is 14.7. The van der Waals surface area contributed by atoms with Crippen LogP contribution in [-0.4, -0.2) is 62.3 Å². The summed E-state index contributed by atoms with van der Waals surface area (Å²) in [6.45, 7) is 5.02. The summed E-state index contributed by atoms with van der Waals surface area (Å²) in [5.74, 6) is 1.39. The van der Waals surface area contributed by atoms with Crippen LogP contribution in [0.15, 0.2) is 36.7 Å². The van der Waals surface area contributed by atoms with E-state index in [0.29, 0.717) is 24.6 Å². The molecule has 0 bridgehead atoms. The van der Waals surface area contributed by atoms with Crippen LogP contribution in [0.3, 0.4) is 0 Å². The van der Waals surface area contributed by atoms with Crippen LogP contribution < -0.4 is 15.5 Å². The maximum absolute atomic E-state index is 12.5. The zero-order valence-corrected chi connectivity index (χ0v) is 17.0. The van der Waals surface area contributed by atoms with Crippen LogP contribution in [-0.2, 0) is 0 Å². The zero-order chi connectivity index (χ0) is 20.8. The molecule has 4 rings (SSSR count). The Labute approximate surface area is 174 Å². The predicted molar refractivity (Wildman–Crippen MR) is 113 cm³/mol. The van der Waals surface area contributed by atoms with Crippen LogP contribution in [0.1, 0.15) is 35.3 Å². The van der Waals surface area contributed by atoms with Crippen molar-refractivity contribution in [2.24, 2.45) is 0 Å². The molecule has 1 aliphatic rings. The van der Waals surface area contributed by atoms with Gasteiger partial charge in [0, 0.05) is 43.5 Å². The highest BCUT2D eigenvalue weighted by molar-refractivity contribution is 5.94. The molecule has 1 amide bonds. The van der Waals surface area contributed by atoms with Gasteiger partial charge in [0.05, 0.1) is 5.69 Å². The molecule has 0 aliphatic carbocycles. The highest BCUT2D eigenvalue weighted by Crippen LogP contribution is 2.19.